The fourth-order valence-corrected chi connectivity index (χ4v) is 6.49. The van der Waals surface area contributed by atoms with E-state index in [0.29, 0.717) is 16.9 Å². The van der Waals surface area contributed by atoms with Crippen molar-refractivity contribution in [3.63, 3.8) is 0 Å². The molecule has 0 fully saturated rings. The van der Waals surface area contributed by atoms with Gasteiger partial charge in [-0.1, -0.05) is 87.8 Å². The smallest absolute Gasteiger partial charge is 0.297 e. The molecule has 0 heterocycles. The number of rotatable bonds is 4. The summed E-state index contributed by atoms with van der Waals surface area (Å²) in [6.45, 7) is 12.5. The molecule has 4 nitrogen and oxygen atoms in total. The first-order valence-corrected chi connectivity index (χ1v) is 14.1. The SMILES string of the molecule is COc1c(C(C)(C)C)cc2cc(Br)ccc2c1-c1c(S(=O)(=O)OC)c(C(C)(C)C)cc2ccccc12. The standard InChI is InChI=1S/C30H33BrO4S/c1-29(2,3)23-17-19-15-20(31)13-14-22(19)25(27(23)34-7)26-21-12-10-9-11-18(21)16-24(30(4,5)6)28(26)36(32,33)35-8/h9-17H,1-8H3. The van der Waals surface area contributed by atoms with E-state index in [1.54, 1.807) is 7.11 Å². The van der Waals surface area contributed by atoms with Gasteiger partial charge in [0.05, 0.1) is 14.2 Å². The molecule has 0 unspecified atom stereocenters. The molecule has 6 heteroatoms. The molecule has 4 rings (SSSR count). The fraction of sp³-hybridized carbons (Fsp3) is 0.333. The zero-order chi connectivity index (χ0) is 26.6. The van der Waals surface area contributed by atoms with Crippen molar-refractivity contribution in [1.82, 2.24) is 0 Å². The molecule has 0 aliphatic heterocycles. The van der Waals surface area contributed by atoms with E-state index in [4.69, 9.17) is 8.92 Å². The lowest BCUT2D eigenvalue weighted by Gasteiger charge is -2.29. The molecule has 0 bridgehead atoms. The minimum absolute atomic E-state index is 0.185. The Labute approximate surface area is 222 Å². The third-order valence-electron chi connectivity index (χ3n) is 6.60. The Morgan fingerprint density at radius 1 is 0.722 bits per heavy atom. The summed E-state index contributed by atoms with van der Waals surface area (Å²) in [5, 5.41) is 3.69. The highest BCUT2D eigenvalue weighted by atomic mass is 79.9. The van der Waals surface area contributed by atoms with Gasteiger partial charge in [0.15, 0.2) is 0 Å². The van der Waals surface area contributed by atoms with Crippen molar-refractivity contribution < 1.29 is 17.3 Å². The van der Waals surface area contributed by atoms with Crippen LogP contribution in [0.2, 0.25) is 0 Å². The van der Waals surface area contributed by atoms with E-state index in [9.17, 15) is 8.42 Å². The molecule has 4 aromatic rings. The fourth-order valence-electron chi connectivity index (χ4n) is 4.85. The molecule has 36 heavy (non-hydrogen) atoms. The highest BCUT2D eigenvalue weighted by molar-refractivity contribution is 9.10. The number of hydrogen-bond donors (Lipinski definition) is 0. The van der Waals surface area contributed by atoms with E-state index in [0.717, 1.165) is 37.1 Å². The van der Waals surface area contributed by atoms with E-state index >= 15 is 0 Å². The van der Waals surface area contributed by atoms with Crippen LogP contribution in [0.1, 0.15) is 52.7 Å². The van der Waals surface area contributed by atoms with Crippen LogP contribution in [-0.2, 0) is 25.1 Å². The van der Waals surface area contributed by atoms with Gasteiger partial charge in [-0.2, -0.15) is 8.42 Å². The van der Waals surface area contributed by atoms with Crippen molar-refractivity contribution >= 4 is 47.6 Å². The number of ether oxygens (including phenoxy) is 1. The van der Waals surface area contributed by atoms with Gasteiger partial charge in [-0.15, -0.1) is 0 Å². The molecule has 0 N–H and O–H groups in total. The van der Waals surface area contributed by atoms with Gasteiger partial charge in [-0.05, 0) is 62.2 Å². The molecule has 0 amide bonds. The van der Waals surface area contributed by atoms with Crippen molar-refractivity contribution in [3.8, 4) is 16.9 Å². The number of methoxy groups -OCH3 is 1. The van der Waals surface area contributed by atoms with Crippen molar-refractivity contribution in [2.75, 3.05) is 14.2 Å². The van der Waals surface area contributed by atoms with Gasteiger partial charge < -0.3 is 4.74 Å². The molecule has 0 saturated heterocycles. The second kappa shape index (κ2) is 9.16. The van der Waals surface area contributed by atoms with Crippen LogP contribution in [0, 0.1) is 0 Å². The second-order valence-corrected chi connectivity index (χ2v) is 13.7. The van der Waals surface area contributed by atoms with Crippen LogP contribution in [0.4, 0.5) is 0 Å². The molecule has 0 aromatic heterocycles. The van der Waals surface area contributed by atoms with E-state index in [1.165, 1.54) is 7.11 Å². The Morgan fingerprint density at radius 3 is 1.89 bits per heavy atom. The van der Waals surface area contributed by atoms with Gasteiger partial charge in [0.25, 0.3) is 10.1 Å². The van der Waals surface area contributed by atoms with Crippen LogP contribution in [0.3, 0.4) is 0 Å². The van der Waals surface area contributed by atoms with E-state index in [1.807, 2.05) is 63.2 Å². The predicted octanol–water partition coefficient (Wildman–Crippen LogP) is 8.36. The van der Waals surface area contributed by atoms with E-state index in [2.05, 4.69) is 48.8 Å². The summed E-state index contributed by atoms with van der Waals surface area (Å²) in [5.74, 6) is 0.668. The van der Waals surface area contributed by atoms with Crippen LogP contribution in [0.5, 0.6) is 5.75 Å². The summed E-state index contributed by atoms with van der Waals surface area (Å²) < 4.78 is 39.7. The normalized spacial score (nSPS) is 12.9. The van der Waals surface area contributed by atoms with Crippen molar-refractivity contribution in [3.05, 3.63) is 70.2 Å². The molecular formula is C30H33BrO4S. The summed E-state index contributed by atoms with van der Waals surface area (Å²) in [6, 6.07) is 18.1. The zero-order valence-corrected chi connectivity index (χ0v) is 24.5. The highest BCUT2D eigenvalue weighted by Gasteiger charge is 2.34. The van der Waals surface area contributed by atoms with Gasteiger partial charge in [0, 0.05) is 21.2 Å². The third kappa shape index (κ3) is 4.55. The van der Waals surface area contributed by atoms with Crippen LogP contribution in [0.15, 0.2) is 64.0 Å². The molecule has 0 spiro atoms. The van der Waals surface area contributed by atoms with Crippen molar-refractivity contribution in [2.24, 2.45) is 0 Å². The second-order valence-electron chi connectivity index (χ2n) is 11.2. The summed E-state index contributed by atoms with van der Waals surface area (Å²) in [5.41, 5.74) is 2.34. The van der Waals surface area contributed by atoms with Gasteiger partial charge >= 0.3 is 0 Å². The molecule has 190 valence electrons. The van der Waals surface area contributed by atoms with Gasteiger partial charge in [-0.3, -0.25) is 4.18 Å². The Bertz CT molecular complexity index is 1590. The molecular weight excluding hydrogens is 536 g/mol. The number of benzene rings is 4. The van der Waals surface area contributed by atoms with Gasteiger partial charge in [-0.25, -0.2) is 0 Å². The maximum Gasteiger partial charge on any atom is 0.297 e. The largest absolute Gasteiger partial charge is 0.496 e. The lowest BCUT2D eigenvalue weighted by atomic mass is 9.79. The molecule has 0 aliphatic carbocycles. The predicted molar refractivity (Wildman–Crippen MR) is 153 cm³/mol. The topological polar surface area (TPSA) is 52.6 Å². The molecule has 0 aliphatic rings. The van der Waals surface area contributed by atoms with Gasteiger partial charge in [0.2, 0.25) is 0 Å². The Hall–Kier alpha value is -2.41. The molecule has 0 saturated carbocycles. The first-order valence-electron chi connectivity index (χ1n) is 11.9. The van der Waals surface area contributed by atoms with Crippen LogP contribution >= 0.6 is 15.9 Å². The summed E-state index contributed by atoms with van der Waals surface area (Å²) in [4.78, 5) is 0.185. The maximum atomic E-state index is 13.7. The van der Waals surface area contributed by atoms with Crippen molar-refractivity contribution in [2.45, 2.75) is 57.3 Å². The Kier molecular flexibility index (Phi) is 6.78. The maximum absolute atomic E-state index is 13.7. The average molecular weight is 570 g/mol. The number of hydrogen-bond acceptors (Lipinski definition) is 4. The van der Waals surface area contributed by atoms with Crippen LogP contribution < -0.4 is 4.74 Å². The third-order valence-corrected chi connectivity index (χ3v) is 8.45. The molecule has 4 aromatic carbocycles. The monoisotopic (exact) mass is 568 g/mol. The Morgan fingerprint density at radius 2 is 1.31 bits per heavy atom. The first-order chi connectivity index (χ1) is 16.7. The molecule has 0 radical (unpaired) electrons. The van der Waals surface area contributed by atoms with Gasteiger partial charge in [0.1, 0.15) is 10.6 Å². The van der Waals surface area contributed by atoms with Crippen molar-refractivity contribution in [1.29, 1.82) is 0 Å². The minimum Gasteiger partial charge on any atom is -0.496 e. The summed E-state index contributed by atoms with van der Waals surface area (Å²) in [6.07, 6.45) is 0. The lowest BCUT2D eigenvalue weighted by Crippen LogP contribution is -2.19. The lowest BCUT2D eigenvalue weighted by molar-refractivity contribution is 0.394. The quantitative estimate of drug-likeness (QED) is 0.232. The highest BCUT2D eigenvalue weighted by Crippen LogP contribution is 2.50. The van der Waals surface area contributed by atoms with E-state index in [-0.39, 0.29) is 10.3 Å². The average Bonchev–Trinajstić information content (AvgIpc) is 2.80. The first kappa shape index (κ1) is 26.6. The summed E-state index contributed by atoms with van der Waals surface area (Å²) in [7, 11) is -1.22. The number of fused-ring (bicyclic) bond motifs is 2. The van der Waals surface area contributed by atoms with Crippen LogP contribution in [0.25, 0.3) is 32.7 Å². The zero-order valence-electron chi connectivity index (χ0n) is 22.1. The van der Waals surface area contributed by atoms with E-state index < -0.39 is 15.5 Å². The summed E-state index contributed by atoms with van der Waals surface area (Å²) >= 11 is 3.61. The minimum atomic E-state index is -4.10. The molecule has 0 atom stereocenters. The number of halogens is 1. The Balaban J connectivity index is 2.42. The van der Waals surface area contributed by atoms with Crippen LogP contribution in [-0.4, -0.2) is 22.6 Å².